The molecule has 0 unspecified atom stereocenters. The van der Waals surface area contributed by atoms with Crippen LogP contribution in [0.4, 0.5) is 0 Å². The molecule has 0 saturated carbocycles. The van der Waals surface area contributed by atoms with Crippen LogP contribution in [0.15, 0.2) is 54.6 Å². The second kappa shape index (κ2) is 5.61. The highest BCUT2D eigenvalue weighted by Gasteiger charge is 2.20. The average molecular weight is 306 g/mol. The van der Waals surface area contributed by atoms with Crippen molar-refractivity contribution in [2.24, 2.45) is 0 Å². The van der Waals surface area contributed by atoms with Crippen molar-refractivity contribution in [3.63, 3.8) is 0 Å². The molecular formula is C18H14N2O3. The number of para-hydroxylation sites is 3. The number of rotatable bonds is 3. The first-order chi connectivity index (χ1) is 11.3. The van der Waals surface area contributed by atoms with Gasteiger partial charge in [-0.05, 0) is 30.7 Å². The van der Waals surface area contributed by atoms with Crippen LogP contribution in [-0.2, 0) is 6.61 Å². The smallest absolute Gasteiger partial charge is 0.282 e. The van der Waals surface area contributed by atoms with Gasteiger partial charge in [-0.3, -0.25) is 0 Å². The fourth-order valence-corrected chi connectivity index (χ4v) is 2.33. The van der Waals surface area contributed by atoms with Gasteiger partial charge in [0.2, 0.25) is 0 Å². The Hall–Kier alpha value is -3.08. The maximum absolute atomic E-state index is 5.81. The average Bonchev–Trinajstić information content (AvgIpc) is 2.59. The molecule has 2 aromatic carbocycles. The van der Waals surface area contributed by atoms with Crippen molar-refractivity contribution in [2.45, 2.75) is 13.5 Å². The highest BCUT2D eigenvalue weighted by atomic mass is 16.6. The Morgan fingerprint density at radius 1 is 0.870 bits per heavy atom. The van der Waals surface area contributed by atoms with E-state index in [1.54, 1.807) is 6.07 Å². The van der Waals surface area contributed by atoms with Crippen LogP contribution in [0, 0.1) is 6.92 Å². The first-order valence-corrected chi connectivity index (χ1v) is 7.29. The lowest BCUT2D eigenvalue weighted by atomic mass is 10.2. The molecule has 1 aliphatic rings. The second-order valence-electron chi connectivity index (χ2n) is 5.21. The molecule has 0 fully saturated rings. The van der Waals surface area contributed by atoms with Gasteiger partial charge in [-0.1, -0.05) is 30.3 Å². The zero-order valence-electron chi connectivity index (χ0n) is 12.5. The Kier molecular flexibility index (Phi) is 3.31. The second-order valence-corrected chi connectivity index (χ2v) is 5.21. The molecule has 0 N–H and O–H groups in total. The predicted molar refractivity (Wildman–Crippen MR) is 84.1 cm³/mol. The summed E-state index contributed by atoms with van der Waals surface area (Å²) in [4.78, 5) is 0. The number of fused-ring (bicyclic) bond motifs is 2. The normalized spacial score (nSPS) is 11.7. The van der Waals surface area contributed by atoms with Gasteiger partial charge in [0, 0.05) is 6.07 Å². The fourth-order valence-electron chi connectivity index (χ4n) is 2.33. The molecule has 0 aliphatic carbocycles. The molecule has 2 heterocycles. The molecule has 0 bridgehead atoms. The van der Waals surface area contributed by atoms with Gasteiger partial charge in [0.25, 0.3) is 5.88 Å². The molecule has 1 aliphatic heterocycles. The fraction of sp³-hybridized carbons (Fsp3) is 0.111. The van der Waals surface area contributed by atoms with Gasteiger partial charge in [0.15, 0.2) is 17.2 Å². The minimum Gasteiger partial charge on any atom is -0.487 e. The number of hydrogen-bond donors (Lipinski definition) is 0. The van der Waals surface area contributed by atoms with Crippen LogP contribution in [0.25, 0.3) is 0 Å². The van der Waals surface area contributed by atoms with E-state index in [-0.39, 0.29) is 0 Å². The SMILES string of the molecule is Cc1ccccc1OCc1cc2c(nn1)Oc1ccccc1O2. The van der Waals surface area contributed by atoms with Gasteiger partial charge in [0.05, 0.1) is 0 Å². The number of benzene rings is 2. The summed E-state index contributed by atoms with van der Waals surface area (Å²) in [5.74, 6) is 3.04. The summed E-state index contributed by atoms with van der Waals surface area (Å²) in [6.45, 7) is 2.32. The molecule has 0 radical (unpaired) electrons. The van der Waals surface area contributed by atoms with Crippen molar-refractivity contribution in [1.82, 2.24) is 10.2 Å². The summed E-state index contributed by atoms with van der Waals surface area (Å²) in [5, 5.41) is 8.21. The Labute approximate surface area is 133 Å². The van der Waals surface area contributed by atoms with Gasteiger partial charge >= 0.3 is 0 Å². The molecule has 0 amide bonds. The molecule has 0 atom stereocenters. The maximum atomic E-state index is 5.81. The lowest BCUT2D eigenvalue weighted by molar-refractivity contribution is 0.292. The van der Waals surface area contributed by atoms with Crippen LogP contribution in [0.1, 0.15) is 11.3 Å². The third-order valence-electron chi connectivity index (χ3n) is 3.52. The number of ether oxygens (including phenoxy) is 3. The Morgan fingerprint density at radius 3 is 2.43 bits per heavy atom. The molecule has 3 aromatic rings. The summed E-state index contributed by atoms with van der Waals surface area (Å²) in [5.41, 5.74) is 1.75. The van der Waals surface area contributed by atoms with E-state index < -0.39 is 0 Å². The van der Waals surface area contributed by atoms with Gasteiger partial charge in [-0.15, -0.1) is 10.2 Å². The lowest BCUT2D eigenvalue weighted by Gasteiger charge is -2.19. The topological polar surface area (TPSA) is 53.5 Å². The van der Waals surface area contributed by atoms with E-state index in [0.717, 1.165) is 11.3 Å². The van der Waals surface area contributed by atoms with E-state index in [9.17, 15) is 0 Å². The minimum atomic E-state index is 0.316. The van der Waals surface area contributed by atoms with E-state index in [1.807, 2.05) is 55.5 Å². The zero-order chi connectivity index (χ0) is 15.6. The maximum Gasteiger partial charge on any atom is 0.282 e. The molecule has 0 saturated heterocycles. The van der Waals surface area contributed by atoms with Crippen LogP contribution >= 0.6 is 0 Å². The Balaban J connectivity index is 1.53. The van der Waals surface area contributed by atoms with Crippen LogP contribution in [0.2, 0.25) is 0 Å². The van der Waals surface area contributed by atoms with E-state index >= 15 is 0 Å². The lowest BCUT2D eigenvalue weighted by Crippen LogP contribution is -2.06. The highest BCUT2D eigenvalue weighted by Crippen LogP contribution is 2.43. The molecule has 4 rings (SSSR count). The van der Waals surface area contributed by atoms with Crippen molar-refractivity contribution in [2.75, 3.05) is 0 Å². The van der Waals surface area contributed by atoms with Crippen LogP contribution in [0.5, 0.6) is 28.9 Å². The van der Waals surface area contributed by atoms with Crippen molar-refractivity contribution >= 4 is 0 Å². The molecular weight excluding hydrogens is 292 g/mol. The van der Waals surface area contributed by atoms with E-state index in [4.69, 9.17) is 14.2 Å². The Bertz CT molecular complexity index is 864. The predicted octanol–water partition coefficient (Wildman–Crippen LogP) is 4.26. The van der Waals surface area contributed by atoms with Crippen molar-refractivity contribution < 1.29 is 14.2 Å². The number of nitrogens with zero attached hydrogens (tertiary/aromatic N) is 2. The molecule has 0 spiro atoms. The first-order valence-electron chi connectivity index (χ1n) is 7.29. The summed E-state index contributed by atoms with van der Waals surface area (Å²) < 4.78 is 17.3. The summed E-state index contributed by atoms with van der Waals surface area (Å²) >= 11 is 0. The molecule has 5 nitrogen and oxygen atoms in total. The summed E-state index contributed by atoms with van der Waals surface area (Å²) in [7, 11) is 0. The zero-order valence-corrected chi connectivity index (χ0v) is 12.5. The largest absolute Gasteiger partial charge is 0.487 e. The number of aryl methyl sites for hydroxylation is 1. The van der Waals surface area contributed by atoms with Gasteiger partial charge in [-0.25, -0.2) is 0 Å². The monoisotopic (exact) mass is 306 g/mol. The standard InChI is InChI=1S/C18H14N2O3/c1-12-6-2-3-7-14(12)21-11-13-10-17-18(20-19-13)23-16-9-5-4-8-15(16)22-17/h2-10H,11H2,1H3. The Morgan fingerprint density at radius 2 is 1.61 bits per heavy atom. The van der Waals surface area contributed by atoms with Crippen LogP contribution < -0.4 is 14.2 Å². The van der Waals surface area contributed by atoms with Gasteiger partial charge in [0.1, 0.15) is 18.1 Å². The number of hydrogen-bond acceptors (Lipinski definition) is 5. The van der Waals surface area contributed by atoms with E-state index in [2.05, 4.69) is 10.2 Å². The third-order valence-corrected chi connectivity index (χ3v) is 3.52. The van der Waals surface area contributed by atoms with Crippen molar-refractivity contribution in [1.29, 1.82) is 0 Å². The van der Waals surface area contributed by atoms with Gasteiger partial charge in [-0.2, -0.15) is 0 Å². The van der Waals surface area contributed by atoms with E-state index in [0.29, 0.717) is 35.4 Å². The number of aromatic nitrogens is 2. The van der Waals surface area contributed by atoms with Crippen LogP contribution in [-0.4, -0.2) is 10.2 Å². The summed E-state index contributed by atoms with van der Waals surface area (Å²) in [6, 6.07) is 17.1. The molecule has 1 aromatic heterocycles. The van der Waals surface area contributed by atoms with Gasteiger partial charge < -0.3 is 14.2 Å². The molecule has 23 heavy (non-hydrogen) atoms. The van der Waals surface area contributed by atoms with Crippen molar-refractivity contribution in [3.8, 4) is 28.9 Å². The minimum absolute atomic E-state index is 0.316. The summed E-state index contributed by atoms with van der Waals surface area (Å²) in [6.07, 6.45) is 0. The van der Waals surface area contributed by atoms with Crippen molar-refractivity contribution in [3.05, 3.63) is 65.9 Å². The first kappa shape index (κ1) is 13.6. The third kappa shape index (κ3) is 2.68. The molecule has 5 heteroatoms. The van der Waals surface area contributed by atoms with E-state index in [1.165, 1.54) is 0 Å². The van der Waals surface area contributed by atoms with Crippen LogP contribution in [0.3, 0.4) is 0 Å². The quantitative estimate of drug-likeness (QED) is 0.566. The highest BCUT2D eigenvalue weighted by molar-refractivity contribution is 5.51. The molecule has 114 valence electrons.